The molecule has 1 aliphatic rings. The van der Waals surface area contributed by atoms with Gasteiger partial charge in [0.25, 0.3) is 5.69 Å². The third-order valence-corrected chi connectivity index (χ3v) is 7.35. The number of halogens is 1. The first kappa shape index (κ1) is 22.1. The molecule has 10 heteroatoms. The number of sulfonamides is 1. The molecular formula is C20H20BrN3O5S. The van der Waals surface area contributed by atoms with Crippen molar-refractivity contribution in [3.8, 4) is 0 Å². The number of amides is 1. The van der Waals surface area contributed by atoms with Gasteiger partial charge in [0, 0.05) is 48.9 Å². The quantitative estimate of drug-likeness (QED) is 0.361. The van der Waals surface area contributed by atoms with Crippen molar-refractivity contribution >= 4 is 43.6 Å². The number of carbonyl (C=O) groups is 1. The molecule has 1 fully saturated rings. The van der Waals surface area contributed by atoms with E-state index in [0.717, 1.165) is 16.1 Å². The van der Waals surface area contributed by atoms with Gasteiger partial charge < -0.3 is 4.90 Å². The third kappa shape index (κ3) is 4.94. The first-order chi connectivity index (χ1) is 14.2. The maximum Gasteiger partial charge on any atom is 0.270 e. The average molecular weight is 494 g/mol. The number of nitro benzene ring substituents is 1. The Kier molecular flexibility index (Phi) is 6.69. The third-order valence-electron chi connectivity index (χ3n) is 4.82. The fourth-order valence-corrected chi connectivity index (χ4v) is 5.24. The maximum atomic E-state index is 13.0. The van der Waals surface area contributed by atoms with Crippen LogP contribution in [0.1, 0.15) is 11.1 Å². The van der Waals surface area contributed by atoms with Gasteiger partial charge >= 0.3 is 0 Å². The van der Waals surface area contributed by atoms with E-state index >= 15 is 0 Å². The van der Waals surface area contributed by atoms with Crippen LogP contribution in [0.2, 0.25) is 0 Å². The lowest BCUT2D eigenvalue weighted by Crippen LogP contribution is -2.50. The van der Waals surface area contributed by atoms with Crippen LogP contribution in [0.4, 0.5) is 5.69 Å². The molecule has 0 atom stereocenters. The van der Waals surface area contributed by atoms with E-state index in [0.29, 0.717) is 5.56 Å². The summed E-state index contributed by atoms with van der Waals surface area (Å²) in [6, 6.07) is 11.3. The summed E-state index contributed by atoms with van der Waals surface area (Å²) in [6.07, 6.45) is 3.18. The molecule has 30 heavy (non-hydrogen) atoms. The summed E-state index contributed by atoms with van der Waals surface area (Å²) in [5.74, 6) is -0.196. The number of nitro groups is 1. The van der Waals surface area contributed by atoms with Crippen LogP contribution in [0.25, 0.3) is 6.08 Å². The molecule has 3 rings (SSSR count). The Morgan fingerprint density at radius 3 is 2.47 bits per heavy atom. The standard InChI is InChI=1S/C20H20BrN3O5S/c1-15-5-7-18(24(26)27)14-19(15)30(28,29)23-11-9-22(10-12-23)20(25)8-6-16-3-2-4-17(21)13-16/h2-8,13-14H,9-12H2,1H3/b8-6+. The molecule has 0 aromatic heterocycles. The molecule has 0 radical (unpaired) electrons. The molecule has 158 valence electrons. The summed E-state index contributed by atoms with van der Waals surface area (Å²) in [5, 5.41) is 11.0. The smallest absolute Gasteiger partial charge is 0.270 e. The molecule has 0 spiro atoms. The predicted molar refractivity (Wildman–Crippen MR) is 116 cm³/mol. The van der Waals surface area contributed by atoms with Crippen LogP contribution in [-0.2, 0) is 14.8 Å². The number of hydrogen-bond donors (Lipinski definition) is 0. The number of nitrogens with zero attached hydrogens (tertiary/aromatic N) is 3. The van der Waals surface area contributed by atoms with Crippen molar-refractivity contribution < 1.29 is 18.1 Å². The van der Waals surface area contributed by atoms with Crippen molar-refractivity contribution in [2.24, 2.45) is 0 Å². The normalized spacial score (nSPS) is 15.5. The predicted octanol–water partition coefficient (Wildman–Crippen LogP) is 3.21. The molecule has 2 aromatic rings. The molecule has 0 saturated carbocycles. The van der Waals surface area contributed by atoms with Gasteiger partial charge in [0.15, 0.2) is 0 Å². The second kappa shape index (κ2) is 9.07. The van der Waals surface area contributed by atoms with Crippen LogP contribution in [0.15, 0.2) is 57.9 Å². The Hall–Kier alpha value is -2.56. The van der Waals surface area contributed by atoms with E-state index in [1.165, 1.54) is 22.5 Å². The highest BCUT2D eigenvalue weighted by atomic mass is 79.9. The molecule has 1 saturated heterocycles. The van der Waals surface area contributed by atoms with Crippen molar-refractivity contribution in [1.29, 1.82) is 0 Å². The van der Waals surface area contributed by atoms with Crippen LogP contribution >= 0.6 is 15.9 Å². The topological polar surface area (TPSA) is 101 Å². The monoisotopic (exact) mass is 493 g/mol. The van der Waals surface area contributed by atoms with Gasteiger partial charge in [-0.2, -0.15) is 4.31 Å². The van der Waals surface area contributed by atoms with Crippen molar-refractivity contribution in [3.05, 3.63) is 74.3 Å². The molecule has 8 nitrogen and oxygen atoms in total. The minimum atomic E-state index is -3.89. The number of benzene rings is 2. The lowest BCUT2D eigenvalue weighted by molar-refractivity contribution is -0.385. The maximum absolute atomic E-state index is 13.0. The Morgan fingerprint density at radius 1 is 1.13 bits per heavy atom. The van der Waals surface area contributed by atoms with E-state index in [2.05, 4.69) is 15.9 Å². The van der Waals surface area contributed by atoms with Gasteiger partial charge in [-0.05, 0) is 36.3 Å². The Balaban J connectivity index is 1.68. The molecule has 0 unspecified atom stereocenters. The van der Waals surface area contributed by atoms with Crippen LogP contribution in [0.3, 0.4) is 0 Å². The van der Waals surface area contributed by atoms with Crippen molar-refractivity contribution in [3.63, 3.8) is 0 Å². The molecular weight excluding hydrogens is 474 g/mol. The molecule has 2 aromatic carbocycles. The van der Waals surface area contributed by atoms with Crippen molar-refractivity contribution in [1.82, 2.24) is 9.21 Å². The molecule has 0 bridgehead atoms. The average Bonchev–Trinajstić information content (AvgIpc) is 2.72. The highest BCUT2D eigenvalue weighted by Gasteiger charge is 2.31. The second-order valence-corrected chi connectivity index (χ2v) is 9.65. The molecule has 1 heterocycles. The lowest BCUT2D eigenvalue weighted by atomic mass is 10.2. The fourth-order valence-electron chi connectivity index (χ4n) is 3.15. The molecule has 0 aliphatic carbocycles. The highest BCUT2D eigenvalue weighted by Crippen LogP contribution is 2.25. The SMILES string of the molecule is Cc1ccc([N+](=O)[O-])cc1S(=O)(=O)N1CCN(C(=O)/C=C/c2cccc(Br)c2)CC1. The summed E-state index contributed by atoms with van der Waals surface area (Å²) >= 11 is 3.38. The summed E-state index contributed by atoms with van der Waals surface area (Å²) in [6.45, 7) is 2.34. The minimum absolute atomic E-state index is 0.0778. The number of hydrogen-bond acceptors (Lipinski definition) is 5. The van der Waals surface area contributed by atoms with Crippen LogP contribution in [0, 0.1) is 17.0 Å². The van der Waals surface area contributed by atoms with E-state index in [-0.39, 0.29) is 42.7 Å². The number of non-ortho nitro benzene ring substituents is 1. The van der Waals surface area contributed by atoms with E-state index in [1.807, 2.05) is 24.3 Å². The number of aryl methyl sites for hydroxylation is 1. The highest BCUT2D eigenvalue weighted by molar-refractivity contribution is 9.10. The van der Waals surface area contributed by atoms with Crippen molar-refractivity contribution in [2.75, 3.05) is 26.2 Å². The van der Waals surface area contributed by atoms with E-state index in [9.17, 15) is 23.3 Å². The zero-order chi connectivity index (χ0) is 21.9. The minimum Gasteiger partial charge on any atom is -0.337 e. The lowest BCUT2D eigenvalue weighted by Gasteiger charge is -2.33. The molecule has 1 aliphatic heterocycles. The Labute approximate surface area is 183 Å². The number of carbonyl (C=O) groups excluding carboxylic acids is 1. The molecule has 1 amide bonds. The first-order valence-corrected chi connectivity index (χ1v) is 11.4. The fraction of sp³-hybridized carbons (Fsp3) is 0.250. The van der Waals surface area contributed by atoms with E-state index < -0.39 is 14.9 Å². The van der Waals surface area contributed by atoms with Gasteiger partial charge in [0.05, 0.1) is 9.82 Å². The van der Waals surface area contributed by atoms with E-state index in [1.54, 1.807) is 17.9 Å². The second-order valence-electron chi connectivity index (χ2n) is 6.82. The van der Waals surface area contributed by atoms with Gasteiger partial charge in [-0.1, -0.05) is 34.1 Å². The largest absolute Gasteiger partial charge is 0.337 e. The zero-order valence-electron chi connectivity index (χ0n) is 16.2. The van der Waals surface area contributed by atoms with Gasteiger partial charge in [-0.3, -0.25) is 14.9 Å². The van der Waals surface area contributed by atoms with Gasteiger partial charge in [0.2, 0.25) is 15.9 Å². The Bertz CT molecular complexity index is 1110. The number of rotatable bonds is 5. The zero-order valence-corrected chi connectivity index (χ0v) is 18.6. The summed E-state index contributed by atoms with van der Waals surface area (Å²) in [7, 11) is -3.89. The summed E-state index contributed by atoms with van der Waals surface area (Å²) in [4.78, 5) is 24.3. The van der Waals surface area contributed by atoms with Crippen LogP contribution in [0.5, 0.6) is 0 Å². The van der Waals surface area contributed by atoms with Crippen LogP contribution < -0.4 is 0 Å². The molecule has 0 N–H and O–H groups in total. The number of piperazine rings is 1. The summed E-state index contributed by atoms with van der Waals surface area (Å²) < 4.78 is 28.1. The van der Waals surface area contributed by atoms with Gasteiger partial charge in [-0.25, -0.2) is 8.42 Å². The van der Waals surface area contributed by atoms with Crippen LogP contribution in [-0.4, -0.2) is 54.6 Å². The summed E-state index contributed by atoms with van der Waals surface area (Å²) in [5.41, 5.74) is 1.04. The van der Waals surface area contributed by atoms with Gasteiger partial charge in [0.1, 0.15) is 0 Å². The van der Waals surface area contributed by atoms with Gasteiger partial charge in [-0.15, -0.1) is 0 Å². The Morgan fingerprint density at radius 2 is 1.83 bits per heavy atom. The first-order valence-electron chi connectivity index (χ1n) is 9.16. The van der Waals surface area contributed by atoms with E-state index in [4.69, 9.17) is 0 Å². The van der Waals surface area contributed by atoms with Crippen molar-refractivity contribution in [2.45, 2.75) is 11.8 Å².